The van der Waals surface area contributed by atoms with E-state index in [1.54, 1.807) is 12.4 Å². The van der Waals surface area contributed by atoms with Gasteiger partial charge in [-0.2, -0.15) is 0 Å². The molecule has 1 aromatic heterocycles. The second-order valence-electron chi connectivity index (χ2n) is 2.99. The van der Waals surface area contributed by atoms with Crippen molar-refractivity contribution in [3.63, 3.8) is 0 Å². The van der Waals surface area contributed by atoms with Gasteiger partial charge in [-0.1, -0.05) is 0 Å². The molecule has 0 aliphatic carbocycles. The van der Waals surface area contributed by atoms with Crippen molar-refractivity contribution in [3.8, 4) is 0 Å². The summed E-state index contributed by atoms with van der Waals surface area (Å²) in [5.74, 6) is 0.486. The standard InChI is InChI=1S/C9H14N4O/c1-7-9(13-6-5-11-7)12-4-2-3-8(10)14/h5-6H,2-4H2,1H3,(H2,10,14)(H,12,13). The fourth-order valence-corrected chi connectivity index (χ4v) is 1.05. The number of nitrogens with zero attached hydrogens (tertiary/aromatic N) is 2. The number of rotatable bonds is 5. The molecule has 0 aliphatic rings. The summed E-state index contributed by atoms with van der Waals surface area (Å²) in [7, 11) is 0. The molecule has 1 aromatic rings. The van der Waals surface area contributed by atoms with Crippen molar-refractivity contribution in [2.45, 2.75) is 19.8 Å². The Bertz CT molecular complexity index is 313. The summed E-state index contributed by atoms with van der Waals surface area (Å²) >= 11 is 0. The van der Waals surface area contributed by atoms with Crippen LogP contribution in [0.1, 0.15) is 18.5 Å². The maximum absolute atomic E-state index is 10.4. The first kappa shape index (κ1) is 10.4. The zero-order valence-corrected chi connectivity index (χ0v) is 8.16. The second kappa shape index (κ2) is 5.16. The van der Waals surface area contributed by atoms with Crippen LogP contribution in [0.4, 0.5) is 5.82 Å². The molecule has 0 radical (unpaired) electrons. The van der Waals surface area contributed by atoms with Gasteiger partial charge in [0.1, 0.15) is 5.82 Å². The van der Waals surface area contributed by atoms with Gasteiger partial charge in [0.25, 0.3) is 0 Å². The highest BCUT2D eigenvalue weighted by molar-refractivity contribution is 5.73. The van der Waals surface area contributed by atoms with Crippen molar-refractivity contribution in [1.29, 1.82) is 0 Å². The number of carbonyl (C=O) groups is 1. The van der Waals surface area contributed by atoms with Crippen LogP contribution < -0.4 is 11.1 Å². The van der Waals surface area contributed by atoms with E-state index >= 15 is 0 Å². The molecule has 0 unspecified atom stereocenters. The monoisotopic (exact) mass is 194 g/mol. The topological polar surface area (TPSA) is 80.9 Å². The lowest BCUT2D eigenvalue weighted by Gasteiger charge is -2.05. The Kier molecular flexibility index (Phi) is 3.84. The zero-order chi connectivity index (χ0) is 10.4. The maximum atomic E-state index is 10.4. The van der Waals surface area contributed by atoms with Crippen LogP contribution in [0.3, 0.4) is 0 Å². The van der Waals surface area contributed by atoms with E-state index in [0.717, 1.165) is 11.5 Å². The highest BCUT2D eigenvalue weighted by Gasteiger charge is 1.98. The molecule has 0 atom stereocenters. The van der Waals surface area contributed by atoms with Crippen molar-refractivity contribution in [3.05, 3.63) is 18.1 Å². The summed E-state index contributed by atoms with van der Waals surface area (Å²) < 4.78 is 0. The summed E-state index contributed by atoms with van der Waals surface area (Å²) in [4.78, 5) is 18.6. The summed E-state index contributed by atoms with van der Waals surface area (Å²) in [6, 6.07) is 0. The molecule has 1 heterocycles. The zero-order valence-electron chi connectivity index (χ0n) is 8.16. The molecule has 0 spiro atoms. The minimum atomic E-state index is -0.275. The number of nitrogens with one attached hydrogen (secondary N) is 1. The van der Waals surface area contributed by atoms with Crippen LogP contribution >= 0.6 is 0 Å². The number of primary amides is 1. The molecule has 76 valence electrons. The van der Waals surface area contributed by atoms with E-state index < -0.39 is 0 Å². The quantitative estimate of drug-likeness (QED) is 0.667. The summed E-state index contributed by atoms with van der Waals surface area (Å²) in [5, 5.41) is 3.09. The van der Waals surface area contributed by atoms with Crippen LogP contribution in [0.15, 0.2) is 12.4 Å². The molecule has 1 amide bonds. The molecular weight excluding hydrogens is 180 g/mol. The normalized spacial score (nSPS) is 9.79. The van der Waals surface area contributed by atoms with E-state index in [2.05, 4.69) is 15.3 Å². The molecule has 5 heteroatoms. The van der Waals surface area contributed by atoms with E-state index in [4.69, 9.17) is 5.73 Å². The number of nitrogens with two attached hydrogens (primary N) is 1. The van der Waals surface area contributed by atoms with Gasteiger partial charge in [-0.05, 0) is 13.3 Å². The van der Waals surface area contributed by atoms with Crippen LogP contribution in [0.5, 0.6) is 0 Å². The predicted molar refractivity (Wildman–Crippen MR) is 53.7 cm³/mol. The Hall–Kier alpha value is -1.65. The number of hydrogen-bond acceptors (Lipinski definition) is 4. The number of amides is 1. The predicted octanol–water partition coefficient (Wildman–Crippen LogP) is 0.462. The molecule has 0 bridgehead atoms. The van der Waals surface area contributed by atoms with E-state index in [1.165, 1.54) is 0 Å². The van der Waals surface area contributed by atoms with Crippen molar-refractivity contribution < 1.29 is 4.79 Å². The van der Waals surface area contributed by atoms with Crippen LogP contribution in [0, 0.1) is 6.92 Å². The molecule has 3 N–H and O–H groups in total. The Labute approximate surface area is 82.7 Å². The maximum Gasteiger partial charge on any atom is 0.217 e. The number of anilines is 1. The van der Waals surface area contributed by atoms with E-state index in [-0.39, 0.29) is 5.91 Å². The second-order valence-corrected chi connectivity index (χ2v) is 2.99. The fraction of sp³-hybridized carbons (Fsp3) is 0.444. The lowest BCUT2D eigenvalue weighted by Crippen LogP contribution is -2.13. The molecule has 5 nitrogen and oxygen atoms in total. The van der Waals surface area contributed by atoms with Gasteiger partial charge in [-0.15, -0.1) is 0 Å². The van der Waals surface area contributed by atoms with Crippen molar-refractivity contribution in [2.75, 3.05) is 11.9 Å². The van der Waals surface area contributed by atoms with Crippen LogP contribution in [0.25, 0.3) is 0 Å². The van der Waals surface area contributed by atoms with Crippen LogP contribution in [-0.2, 0) is 4.79 Å². The van der Waals surface area contributed by atoms with Crippen molar-refractivity contribution in [1.82, 2.24) is 9.97 Å². The molecule has 0 fully saturated rings. The van der Waals surface area contributed by atoms with Gasteiger partial charge in [0.15, 0.2) is 0 Å². The number of hydrogen-bond donors (Lipinski definition) is 2. The molecular formula is C9H14N4O. The highest BCUT2D eigenvalue weighted by Crippen LogP contribution is 2.05. The first-order valence-electron chi connectivity index (χ1n) is 4.50. The van der Waals surface area contributed by atoms with Crippen molar-refractivity contribution >= 4 is 11.7 Å². The van der Waals surface area contributed by atoms with E-state index in [9.17, 15) is 4.79 Å². The first-order chi connectivity index (χ1) is 6.70. The van der Waals surface area contributed by atoms with Gasteiger partial charge >= 0.3 is 0 Å². The average Bonchev–Trinajstić information content (AvgIpc) is 2.15. The van der Waals surface area contributed by atoms with Gasteiger partial charge < -0.3 is 11.1 Å². The summed E-state index contributed by atoms with van der Waals surface area (Å²) in [6.07, 6.45) is 4.38. The first-order valence-corrected chi connectivity index (χ1v) is 4.50. The summed E-state index contributed by atoms with van der Waals surface area (Å²) in [6.45, 7) is 2.56. The third-order valence-corrected chi connectivity index (χ3v) is 1.77. The summed E-state index contributed by atoms with van der Waals surface area (Å²) in [5.41, 5.74) is 5.86. The molecule has 14 heavy (non-hydrogen) atoms. The fourth-order valence-electron chi connectivity index (χ4n) is 1.05. The average molecular weight is 194 g/mol. The Morgan fingerprint density at radius 2 is 2.21 bits per heavy atom. The van der Waals surface area contributed by atoms with Crippen LogP contribution in [-0.4, -0.2) is 22.4 Å². The Balaban J connectivity index is 2.31. The van der Waals surface area contributed by atoms with Crippen LogP contribution in [0.2, 0.25) is 0 Å². The van der Waals surface area contributed by atoms with Gasteiger partial charge in [-0.25, -0.2) is 4.98 Å². The largest absolute Gasteiger partial charge is 0.370 e. The van der Waals surface area contributed by atoms with E-state index in [1.807, 2.05) is 6.92 Å². The van der Waals surface area contributed by atoms with Gasteiger partial charge in [0.05, 0.1) is 5.69 Å². The smallest absolute Gasteiger partial charge is 0.217 e. The SMILES string of the molecule is Cc1nccnc1NCCCC(N)=O. The Morgan fingerprint density at radius 3 is 2.86 bits per heavy atom. The van der Waals surface area contributed by atoms with Crippen molar-refractivity contribution in [2.24, 2.45) is 5.73 Å². The van der Waals surface area contributed by atoms with Gasteiger partial charge in [0, 0.05) is 25.4 Å². The van der Waals surface area contributed by atoms with Gasteiger partial charge in [0.2, 0.25) is 5.91 Å². The molecule has 0 aliphatic heterocycles. The van der Waals surface area contributed by atoms with E-state index in [0.29, 0.717) is 19.4 Å². The molecule has 0 aromatic carbocycles. The van der Waals surface area contributed by atoms with Gasteiger partial charge in [-0.3, -0.25) is 9.78 Å². The number of carbonyl (C=O) groups excluding carboxylic acids is 1. The highest BCUT2D eigenvalue weighted by atomic mass is 16.1. The minimum Gasteiger partial charge on any atom is -0.370 e. The Morgan fingerprint density at radius 1 is 1.50 bits per heavy atom. The lowest BCUT2D eigenvalue weighted by molar-refractivity contribution is -0.118. The molecule has 1 rings (SSSR count). The minimum absolute atomic E-state index is 0.275. The lowest BCUT2D eigenvalue weighted by atomic mass is 10.3. The third-order valence-electron chi connectivity index (χ3n) is 1.77. The number of aryl methyl sites for hydroxylation is 1. The molecule has 0 saturated carbocycles. The molecule has 0 saturated heterocycles. The number of aromatic nitrogens is 2. The third kappa shape index (κ3) is 3.38.